The number of para-hydroxylation sites is 1. The van der Waals surface area contributed by atoms with Crippen LogP contribution in [0.3, 0.4) is 0 Å². The smallest absolute Gasteiger partial charge is 0.0482 e. The maximum absolute atomic E-state index is 5.83. The van der Waals surface area contributed by atoms with Crippen LogP contribution in [0.5, 0.6) is 0 Å². The molecule has 0 bridgehead atoms. The van der Waals surface area contributed by atoms with Crippen molar-refractivity contribution in [1.29, 1.82) is 0 Å². The maximum Gasteiger partial charge on any atom is 0.0482 e. The van der Waals surface area contributed by atoms with Crippen molar-refractivity contribution in [3.05, 3.63) is 35.5 Å². The highest BCUT2D eigenvalue weighted by Crippen LogP contribution is 2.25. The second kappa shape index (κ2) is 4.30. The Balaban J connectivity index is 2.45. The van der Waals surface area contributed by atoms with E-state index in [1.807, 2.05) is 0 Å². The van der Waals surface area contributed by atoms with Crippen LogP contribution in [0.15, 0.2) is 24.3 Å². The van der Waals surface area contributed by atoms with E-state index < -0.39 is 0 Å². The summed E-state index contributed by atoms with van der Waals surface area (Å²) in [6, 6.07) is 8.84. The van der Waals surface area contributed by atoms with E-state index in [4.69, 9.17) is 5.73 Å². The van der Waals surface area contributed by atoms with Gasteiger partial charge in [-0.15, -0.1) is 0 Å². The van der Waals surface area contributed by atoms with Crippen molar-refractivity contribution < 1.29 is 0 Å². The highest BCUT2D eigenvalue weighted by molar-refractivity contribution is 5.85. The minimum absolute atomic E-state index is 0.275. The molecule has 0 aliphatic carbocycles. The van der Waals surface area contributed by atoms with Crippen LogP contribution < -0.4 is 5.73 Å². The zero-order valence-electron chi connectivity index (χ0n) is 10.3. The molecule has 2 rings (SSSR count). The Morgan fingerprint density at radius 3 is 2.62 bits per heavy atom. The van der Waals surface area contributed by atoms with Crippen molar-refractivity contribution >= 4 is 10.9 Å². The van der Waals surface area contributed by atoms with E-state index in [9.17, 15) is 0 Å². The lowest BCUT2D eigenvalue weighted by molar-refractivity contribution is 0.644. The summed E-state index contributed by atoms with van der Waals surface area (Å²) in [6.45, 7) is 4.27. The molecule has 16 heavy (non-hydrogen) atoms. The largest absolute Gasteiger partial charge is 0.347 e. The molecule has 1 aromatic heterocycles. The Hall–Kier alpha value is -1.28. The van der Waals surface area contributed by atoms with Gasteiger partial charge in [0.05, 0.1) is 0 Å². The van der Waals surface area contributed by atoms with Gasteiger partial charge in [0, 0.05) is 29.7 Å². The molecule has 2 aromatic rings. The van der Waals surface area contributed by atoms with Crippen LogP contribution in [0.2, 0.25) is 0 Å². The second-order valence-electron chi connectivity index (χ2n) is 4.66. The summed E-state index contributed by atoms with van der Waals surface area (Å²) in [6.07, 6.45) is 2.11. The van der Waals surface area contributed by atoms with Gasteiger partial charge in [-0.1, -0.05) is 18.2 Å². The van der Waals surface area contributed by atoms with Crippen LogP contribution in [0.25, 0.3) is 10.9 Å². The van der Waals surface area contributed by atoms with Crippen LogP contribution in [-0.2, 0) is 13.5 Å². The predicted octanol–water partition coefficient (Wildman–Crippen LogP) is 2.77. The Kier molecular flexibility index (Phi) is 3.01. The Bertz CT molecular complexity index is 456. The molecule has 0 aliphatic heterocycles. The molecule has 0 saturated heterocycles. The Labute approximate surface area is 97.1 Å². The molecule has 2 N–H and O–H groups in total. The van der Waals surface area contributed by atoms with Crippen molar-refractivity contribution in [2.75, 3.05) is 0 Å². The van der Waals surface area contributed by atoms with Crippen LogP contribution in [0.1, 0.15) is 24.6 Å². The zero-order chi connectivity index (χ0) is 11.7. The SMILES string of the molecule is Cc1c(CCC(C)N)n(C)c2ccccc12. The highest BCUT2D eigenvalue weighted by atomic mass is 14.9. The molecule has 0 amide bonds. The first-order valence-corrected chi connectivity index (χ1v) is 5.89. The molecular weight excluding hydrogens is 196 g/mol. The normalized spacial score (nSPS) is 13.2. The summed E-state index contributed by atoms with van der Waals surface area (Å²) in [5.41, 5.74) is 9.96. The van der Waals surface area contributed by atoms with Crippen molar-refractivity contribution in [3.63, 3.8) is 0 Å². The lowest BCUT2D eigenvalue weighted by Gasteiger charge is -2.08. The number of aryl methyl sites for hydroxylation is 2. The Morgan fingerprint density at radius 1 is 1.31 bits per heavy atom. The van der Waals surface area contributed by atoms with Crippen LogP contribution in [-0.4, -0.2) is 10.6 Å². The van der Waals surface area contributed by atoms with Crippen molar-refractivity contribution in [2.24, 2.45) is 12.8 Å². The van der Waals surface area contributed by atoms with Gasteiger partial charge in [-0.05, 0) is 38.3 Å². The second-order valence-corrected chi connectivity index (χ2v) is 4.66. The van der Waals surface area contributed by atoms with E-state index in [1.165, 1.54) is 22.2 Å². The molecule has 1 heterocycles. The number of fused-ring (bicyclic) bond motifs is 1. The first-order valence-electron chi connectivity index (χ1n) is 5.89. The van der Waals surface area contributed by atoms with Gasteiger partial charge in [0.2, 0.25) is 0 Å². The summed E-state index contributed by atoms with van der Waals surface area (Å²) < 4.78 is 2.30. The third-order valence-electron chi connectivity index (χ3n) is 3.34. The molecular formula is C14H20N2. The maximum atomic E-state index is 5.83. The molecule has 1 unspecified atom stereocenters. The van der Waals surface area contributed by atoms with Crippen molar-refractivity contribution in [1.82, 2.24) is 4.57 Å². The van der Waals surface area contributed by atoms with Gasteiger partial charge in [-0.25, -0.2) is 0 Å². The summed E-state index contributed by atoms with van der Waals surface area (Å²) in [5.74, 6) is 0. The molecule has 0 spiro atoms. The molecule has 86 valence electrons. The number of rotatable bonds is 3. The number of aromatic nitrogens is 1. The van der Waals surface area contributed by atoms with E-state index in [0.29, 0.717) is 0 Å². The topological polar surface area (TPSA) is 30.9 Å². The average molecular weight is 216 g/mol. The molecule has 0 fully saturated rings. The number of benzene rings is 1. The molecule has 1 atom stereocenters. The fourth-order valence-corrected chi connectivity index (χ4v) is 2.36. The van der Waals surface area contributed by atoms with Gasteiger partial charge in [0.1, 0.15) is 0 Å². The molecule has 1 aromatic carbocycles. The fraction of sp³-hybridized carbons (Fsp3) is 0.429. The zero-order valence-corrected chi connectivity index (χ0v) is 10.3. The Morgan fingerprint density at radius 2 is 2.00 bits per heavy atom. The standard InChI is InChI=1S/C14H20N2/c1-10(15)8-9-13-11(2)12-6-4-5-7-14(12)16(13)3/h4-7,10H,8-9,15H2,1-3H3. The minimum Gasteiger partial charge on any atom is -0.347 e. The van der Waals surface area contributed by atoms with Gasteiger partial charge < -0.3 is 10.3 Å². The quantitative estimate of drug-likeness (QED) is 0.840. The average Bonchev–Trinajstić information content (AvgIpc) is 2.50. The van der Waals surface area contributed by atoms with Crippen LogP contribution >= 0.6 is 0 Å². The molecule has 2 nitrogen and oxygen atoms in total. The van der Waals surface area contributed by atoms with Crippen LogP contribution in [0, 0.1) is 6.92 Å². The number of nitrogens with zero attached hydrogens (tertiary/aromatic N) is 1. The first-order chi connectivity index (χ1) is 7.61. The summed E-state index contributed by atoms with van der Waals surface area (Å²) in [4.78, 5) is 0. The monoisotopic (exact) mass is 216 g/mol. The first kappa shape index (κ1) is 11.2. The minimum atomic E-state index is 0.275. The predicted molar refractivity (Wildman–Crippen MR) is 69.6 cm³/mol. The van der Waals surface area contributed by atoms with Crippen LogP contribution in [0.4, 0.5) is 0 Å². The molecule has 0 radical (unpaired) electrons. The third kappa shape index (κ3) is 1.85. The van der Waals surface area contributed by atoms with Gasteiger partial charge in [-0.2, -0.15) is 0 Å². The fourth-order valence-electron chi connectivity index (χ4n) is 2.36. The number of hydrogen-bond donors (Lipinski definition) is 1. The van der Waals surface area contributed by atoms with Gasteiger partial charge in [0.25, 0.3) is 0 Å². The van der Waals surface area contributed by atoms with E-state index in [0.717, 1.165) is 12.8 Å². The lowest BCUT2D eigenvalue weighted by atomic mass is 10.1. The van der Waals surface area contributed by atoms with Crippen molar-refractivity contribution in [2.45, 2.75) is 32.7 Å². The van der Waals surface area contributed by atoms with Gasteiger partial charge >= 0.3 is 0 Å². The van der Waals surface area contributed by atoms with E-state index in [1.54, 1.807) is 0 Å². The van der Waals surface area contributed by atoms with Gasteiger partial charge in [0.15, 0.2) is 0 Å². The molecule has 2 heteroatoms. The summed E-state index contributed by atoms with van der Waals surface area (Å²) in [5, 5.41) is 1.37. The molecule has 0 saturated carbocycles. The highest BCUT2D eigenvalue weighted by Gasteiger charge is 2.10. The van der Waals surface area contributed by atoms with Gasteiger partial charge in [-0.3, -0.25) is 0 Å². The lowest BCUT2D eigenvalue weighted by Crippen LogP contribution is -2.16. The number of nitrogens with two attached hydrogens (primary N) is 1. The van der Waals surface area contributed by atoms with E-state index >= 15 is 0 Å². The van der Waals surface area contributed by atoms with Crippen molar-refractivity contribution in [3.8, 4) is 0 Å². The molecule has 0 aliphatic rings. The van der Waals surface area contributed by atoms with E-state index in [2.05, 4.69) is 49.7 Å². The summed E-state index contributed by atoms with van der Waals surface area (Å²) in [7, 11) is 2.14. The third-order valence-corrected chi connectivity index (χ3v) is 3.34. The summed E-state index contributed by atoms with van der Waals surface area (Å²) >= 11 is 0. The number of hydrogen-bond acceptors (Lipinski definition) is 1. The van der Waals surface area contributed by atoms with E-state index in [-0.39, 0.29) is 6.04 Å².